The molecule has 8 heteroatoms. The topological polar surface area (TPSA) is 58.6 Å². The van der Waals surface area contributed by atoms with Gasteiger partial charge in [0.2, 0.25) is 10.0 Å². The molecule has 1 atom stereocenters. The van der Waals surface area contributed by atoms with Crippen LogP contribution in [0.25, 0.3) is 0 Å². The van der Waals surface area contributed by atoms with Gasteiger partial charge in [-0.3, -0.25) is 4.90 Å². The number of benzene rings is 1. The second kappa shape index (κ2) is 8.05. The highest BCUT2D eigenvalue weighted by Gasteiger charge is 2.28. The zero-order valence-corrected chi connectivity index (χ0v) is 16.3. The van der Waals surface area contributed by atoms with Crippen molar-refractivity contribution in [1.29, 1.82) is 0 Å². The monoisotopic (exact) mass is 400 g/mol. The van der Waals surface area contributed by atoms with Gasteiger partial charge in [0.1, 0.15) is 9.96 Å². The Hall–Kier alpha value is -1.12. The Morgan fingerprint density at radius 2 is 1.96 bits per heavy atom. The van der Waals surface area contributed by atoms with Gasteiger partial charge in [-0.15, -0.1) is 11.3 Å². The van der Waals surface area contributed by atoms with Gasteiger partial charge in [0.05, 0.1) is 17.5 Å². The number of rotatable bonds is 7. The van der Waals surface area contributed by atoms with Crippen molar-refractivity contribution in [3.05, 3.63) is 46.3 Å². The van der Waals surface area contributed by atoms with Crippen molar-refractivity contribution in [3.8, 4) is 5.75 Å². The number of nitrogens with one attached hydrogen (secondary N) is 1. The van der Waals surface area contributed by atoms with Crippen LogP contribution in [0, 0.1) is 0 Å². The number of sulfonamides is 1. The summed E-state index contributed by atoms with van der Waals surface area (Å²) in [5, 5.41) is 0. The lowest BCUT2D eigenvalue weighted by Crippen LogP contribution is -2.36. The van der Waals surface area contributed by atoms with Crippen LogP contribution in [-0.2, 0) is 10.0 Å². The van der Waals surface area contributed by atoms with Crippen molar-refractivity contribution in [2.24, 2.45) is 0 Å². The standard InChI is InChI=1S/C17H21ClN2O3S2/c1-23-15-7-3-2-6-13(15)14(20-10-4-5-11-20)12-19-25(21,22)17-9-8-16(18)24-17/h2-3,6-9,14,19H,4-5,10-12H2,1H3. The van der Waals surface area contributed by atoms with Gasteiger partial charge in [-0.2, -0.15) is 0 Å². The smallest absolute Gasteiger partial charge is 0.250 e. The third kappa shape index (κ3) is 4.35. The molecule has 1 fully saturated rings. The van der Waals surface area contributed by atoms with Gasteiger partial charge in [-0.1, -0.05) is 29.8 Å². The van der Waals surface area contributed by atoms with E-state index in [2.05, 4.69) is 9.62 Å². The Kier molecular flexibility index (Phi) is 6.01. The van der Waals surface area contributed by atoms with Gasteiger partial charge in [0, 0.05) is 12.1 Å². The molecule has 0 radical (unpaired) electrons. The van der Waals surface area contributed by atoms with Crippen LogP contribution in [-0.4, -0.2) is 40.1 Å². The number of hydrogen-bond donors (Lipinski definition) is 1. The maximum Gasteiger partial charge on any atom is 0.250 e. The Balaban J connectivity index is 1.83. The number of para-hydroxylation sites is 1. The van der Waals surface area contributed by atoms with Gasteiger partial charge in [-0.25, -0.2) is 13.1 Å². The summed E-state index contributed by atoms with van der Waals surface area (Å²) in [6, 6.07) is 10.8. The predicted octanol–water partition coefficient (Wildman–Crippen LogP) is 3.53. The van der Waals surface area contributed by atoms with Gasteiger partial charge in [0.25, 0.3) is 0 Å². The molecular formula is C17H21ClN2O3S2. The molecule has 2 aromatic rings. The fraction of sp³-hybridized carbons (Fsp3) is 0.412. The van der Waals surface area contributed by atoms with Gasteiger partial charge < -0.3 is 4.74 Å². The molecule has 1 saturated heterocycles. The van der Waals surface area contributed by atoms with Gasteiger partial charge >= 0.3 is 0 Å². The zero-order valence-electron chi connectivity index (χ0n) is 13.9. The van der Waals surface area contributed by atoms with E-state index in [1.807, 2.05) is 24.3 Å². The third-order valence-corrected chi connectivity index (χ3v) is 7.51. The summed E-state index contributed by atoms with van der Waals surface area (Å²) in [7, 11) is -1.94. The van der Waals surface area contributed by atoms with E-state index < -0.39 is 10.0 Å². The van der Waals surface area contributed by atoms with E-state index in [0.29, 0.717) is 4.34 Å². The number of halogens is 1. The lowest BCUT2D eigenvalue weighted by Gasteiger charge is -2.29. The molecule has 2 heterocycles. The lowest BCUT2D eigenvalue weighted by atomic mass is 10.0. The Bertz CT molecular complexity index is 817. The molecule has 0 aliphatic carbocycles. The molecule has 1 aliphatic heterocycles. The Labute approximate surface area is 157 Å². The molecule has 5 nitrogen and oxygen atoms in total. The average Bonchev–Trinajstić information content (AvgIpc) is 3.27. The molecule has 1 N–H and O–H groups in total. The van der Waals surface area contributed by atoms with E-state index in [-0.39, 0.29) is 16.8 Å². The zero-order chi connectivity index (χ0) is 17.9. The molecule has 0 saturated carbocycles. The largest absolute Gasteiger partial charge is 0.496 e. The molecule has 25 heavy (non-hydrogen) atoms. The Morgan fingerprint density at radius 3 is 2.60 bits per heavy atom. The van der Waals surface area contributed by atoms with Crippen molar-refractivity contribution in [2.45, 2.75) is 23.1 Å². The van der Waals surface area contributed by atoms with Crippen molar-refractivity contribution in [2.75, 3.05) is 26.7 Å². The van der Waals surface area contributed by atoms with Crippen LogP contribution in [0.5, 0.6) is 5.75 Å². The van der Waals surface area contributed by atoms with E-state index in [0.717, 1.165) is 48.6 Å². The summed E-state index contributed by atoms with van der Waals surface area (Å²) in [5.74, 6) is 0.776. The number of methoxy groups -OCH3 is 1. The molecule has 3 rings (SSSR count). The fourth-order valence-electron chi connectivity index (χ4n) is 3.13. The minimum atomic E-state index is -3.58. The van der Waals surface area contributed by atoms with Crippen LogP contribution >= 0.6 is 22.9 Å². The minimum absolute atomic E-state index is 0.0659. The quantitative estimate of drug-likeness (QED) is 0.772. The first kappa shape index (κ1) is 18.7. The number of ether oxygens (including phenoxy) is 1. The van der Waals surface area contributed by atoms with E-state index in [9.17, 15) is 8.42 Å². The van der Waals surface area contributed by atoms with Crippen LogP contribution < -0.4 is 9.46 Å². The first-order valence-electron chi connectivity index (χ1n) is 8.13. The molecule has 1 aliphatic rings. The Morgan fingerprint density at radius 1 is 1.24 bits per heavy atom. The van der Waals surface area contributed by atoms with Crippen LogP contribution in [0.2, 0.25) is 4.34 Å². The lowest BCUT2D eigenvalue weighted by molar-refractivity contribution is 0.240. The third-order valence-electron chi connectivity index (χ3n) is 4.36. The van der Waals surface area contributed by atoms with Crippen LogP contribution in [0.3, 0.4) is 0 Å². The number of thiophene rings is 1. The molecule has 136 valence electrons. The fourth-order valence-corrected chi connectivity index (χ4v) is 5.70. The SMILES string of the molecule is COc1ccccc1C(CNS(=O)(=O)c1ccc(Cl)s1)N1CCCC1. The van der Waals surface area contributed by atoms with E-state index in [1.54, 1.807) is 13.2 Å². The summed E-state index contributed by atoms with van der Waals surface area (Å²) in [6.45, 7) is 2.20. The summed E-state index contributed by atoms with van der Waals surface area (Å²) in [4.78, 5) is 2.31. The summed E-state index contributed by atoms with van der Waals surface area (Å²) >= 11 is 6.93. The second-order valence-electron chi connectivity index (χ2n) is 5.91. The summed E-state index contributed by atoms with van der Waals surface area (Å²) in [6.07, 6.45) is 2.25. The van der Waals surface area contributed by atoms with E-state index >= 15 is 0 Å². The maximum atomic E-state index is 12.5. The minimum Gasteiger partial charge on any atom is -0.496 e. The van der Waals surface area contributed by atoms with Crippen LogP contribution in [0.1, 0.15) is 24.4 Å². The van der Waals surface area contributed by atoms with Gasteiger partial charge in [-0.05, 0) is 44.1 Å². The predicted molar refractivity (Wildman–Crippen MR) is 101 cm³/mol. The van der Waals surface area contributed by atoms with Crippen molar-refractivity contribution >= 4 is 33.0 Å². The summed E-state index contributed by atoms with van der Waals surface area (Å²) < 4.78 is 34.0. The average molecular weight is 401 g/mol. The molecule has 0 spiro atoms. The van der Waals surface area contributed by atoms with Gasteiger partial charge in [0.15, 0.2) is 0 Å². The molecule has 1 unspecified atom stereocenters. The van der Waals surface area contributed by atoms with E-state index in [4.69, 9.17) is 16.3 Å². The number of hydrogen-bond acceptors (Lipinski definition) is 5. The molecular weight excluding hydrogens is 380 g/mol. The number of nitrogens with zero attached hydrogens (tertiary/aromatic N) is 1. The highest BCUT2D eigenvalue weighted by atomic mass is 35.5. The molecule has 1 aromatic carbocycles. The number of likely N-dealkylation sites (tertiary alicyclic amines) is 1. The first-order chi connectivity index (χ1) is 12.0. The molecule has 0 amide bonds. The normalized spacial score (nSPS) is 16.9. The molecule has 1 aromatic heterocycles. The first-order valence-corrected chi connectivity index (χ1v) is 10.8. The van der Waals surface area contributed by atoms with Crippen molar-refractivity contribution in [3.63, 3.8) is 0 Å². The maximum absolute atomic E-state index is 12.5. The molecule has 0 bridgehead atoms. The second-order valence-corrected chi connectivity index (χ2v) is 9.62. The van der Waals surface area contributed by atoms with Crippen molar-refractivity contribution in [1.82, 2.24) is 9.62 Å². The highest BCUT2D eigenvalue weighted by Crippen LogP contribution is 2.32. The van der Waals surface area contributed by atoms with Crippen LogP contribution in [0.15, 0.2) is 40.6 Å². The highest BCUT2D eigenvalue weighted by molar-refractivity contribution is 7.91. The van der Waals surface area contributed by atoms with Crippen molar-refractivity contribution < 1.29 is 13.2 Å². The summed E-state index contributed by atoms with van der Waals surface area (Å²) in [5.41, 5.74) is 0.999. The van der Waals surface area contributed by atoms with E-state index in [1.165, 1.54) is 6.07 Å². The van der Waals surface area contributed by atoms with Crippen LogP contribution in [0.4, 0.5) is 0 Å².